The largest absolute Gasteiger partial charge is 0.494 e. The minimum atomic E-state index is -0.531. The second-order valence-corrected chi connectivity index (χ2v) is 4.65. The van der Waals surface area contributed by atoms with E-state index in [-0.39, 0.29) is 27.7 Å². The van der Waals surface area contributed by atoms with Gasteiger partial charge in [-0.15, -0.1) is 0 Å². The third-order valence-corrected chi connectivity index (χ3v) is 3.15. The fourth-order valence-corrected chi connectivity index (χ4v) is 2.00. The lowest BCUT2D eigenvalue weighted by Gasteiger charge is -2.07. The van der Waals surface area contributed by atoms with Crippen molar-refractivity contribution in [2.45, 2.75) is 0 Å². The molecule has 2 aromatic carbocycles. The topological polar surface area (TPSA) is 26.3 Å². The number of halogens is 3. The molecule has 0 saturated heterocycles. The van der Waals surface area contributed by atoms with Gasteiger partial charge in [0.15, 0.2) is 17.3 Å². The van der Waals surface area contributed by atoms with E-state index in [0.717, 1.165) is 0 Å². The zero-order chi connectivity index (χ0) is 14.0. The molecule has 98 valence electrons. The molecular formula is C14H9Cl2FO2. The quantitative estimate of drug-likeness (QED) is 0.787. The molecule has 0 aromatic heterocycles. The zero-order valence-corrected chi connectivity index (χ0v) is 11.4. The molecule has 2 rings (SSSR count). The summed E-state index contributed by atoms with van der Waals surface area (Å²) >= 11 is 11.8. The zero-order valence-electron chi connectivity index (χ0n) is 9.91. The van der Waals surface area contributed by atoms with Gasteiger partial charge in [0, 0.05) is 16.1 Å². The van der Waals surface area contributed by atoms with Crippen LogP contribution in [0.3, 0.4) is 0 Å². The highest BCUT2D eigenvalue weighted by Gasteiger charge is 2.15. The number of carbonyl (C=O) groups excluding carboxylic acids is 1. The molecule has 19 heavy (non-hydrogen) atoms. The summed E-state index contributed by atoms with van der Waals surface area (Å²) in [6, 6.07) is 8.47. The lowest BCUT2D eigenvalue weighted by atomic mass is 10.0. The van der Waals surface area contributed by atoms with Gasteiger partial charge < -0.3 is 4.74 Å². The molecule has 5 heteroatoms. The first-order chi connectivity index (χ1) is 9.02. The Kier molecular flexibility index (Phi) is 4.08. The summed E-state index contributed by atoms with van der Waals surface area (Å²) in [5, 5.41) is 0.694. The Hall–Kier alpha value is -1.58. The average molecular weight is 299 g/mol. The smallest absolute Gasteiger partial charge is 0.194 e. The van der Waals surface area contributed by atoms with Crippen LogP contribution in [0.5, 0.6) is 5.75 Å². The Morgan fingerprint density at radius 3 is 2.58 bits per heavy atom. The molecule has 0 atom stereocenters. The SMILES string of the molecule is COc1cc(C(=O)c2cc(Cl)ccc2Cl)ccc1F. The van der Waals surface area contributed by atoms with Crippen LogP contribution in [-0.2, 0) is 0 Å². The Morgan fingerprint density at radius 1 is 1.16 bits per heavy atom. The molecule has 0 aliphatic carbocycles. The lowest BCUT2D eigenvalue weighted by molar-refractivity contribution is 0.103. The van der Waals surface area contributed by atoms with Gasteiger partial charge in [0.25, 0.3) is 0 Å². The minimum absolute atomic E-state index is 0.00370. The van der Waals surface area contributed by atoms with Crippen molar-refractivity contribution < 1.29 is 13.9 Å². The third-order valence-electron chi connectivity index (χ3n) is 2.59. The van der Waals surface area contributed by atoms with E-state index < -0.39 is 5.82 Å². The van der Waals surface area contributed by atoms with Crippen LogP contribution in [0.4, 0.5) is 4.39 Å². The van der Waals surface area contributed by atoms with Gasteiger partial charge in [-0.2, -0.15) is 0 Å². The van der Waals surface area contributed by atoms with E-state index in [1.54, 1.807) is 6.07 Å². The number of carbonyl (C=O) groups is 1. The third kappa shape index (κ3) is 2.88. The van der Waals surface area contributed by atoms with Gasteiger partial charge in [-0.25, -0.2) is 4.39 Å². The minimum Gasteiger partial charge on any atom is -0.494 e. The van der Waals surface area contributed by atoms with Crippen LogP contribution in [0.2, 0.25) is 10.0 Å². The van der Waals surface area contributed by atoms with Crippen LogP contribution >= 0.6 is 23.2 Å². The van der Waals surface area contributed by atoms with Crippen LogP contribution in [-0.4, -0.2) is 12.9 Å². The first-order valence-corrected chi connectivity index (χ1v) is 6.12. The molecule has 2 nitrogen and oxygen atoms in total. The van der Waals surface area contributed by atoms with E-state index in [1.807, 2.05) is 0 Å². The number of ketones is 1. The van der Waals surface area contributed by atoms with E-state index in [0.29, 0.717) is 5.02 Å². The van der Waals surface area contributed by atoms with Crippen molar-refractivity contribution in [3.63, 3.8) is 0 Å². The molecule has 0 radical (unpaired) electrons. The van der Waals surface area contributed by atoms with Crippen LogP contribution in [0.15, 0.2) is 36.4 Å². The van der Waals surface area contributed by atoms with E-state index in [4.69, 9.17) is 27.9 Å². The lowest BCUT2D eigenvalue weighted by Crippen LogP contribution is -2.03. The summed E-state index contributed by atoms with van der Waals surface area (Å²) in [6.07, 6.45) is 0. The van der Waals surface area contributed by atoms with Gasteiger partial charge in [-0.3, -0.25) is 4.79 Å². The Labute approximate surface area is 119 Å². The molecule has 0 unspecified atom stereocenters. The van der Waals surface area contributed by atoms with Crippen molar-refractivity contribution >= 4 is 29.0 Å². The summed E-state index contributed by atoms with van der Waals surface area (Å²) in [5.74, 6) is -0.869. The van der Waals surface area contributed by atoms with Crippen LogP contribution in [0, 0.1) is 5.82 Å². The van der Waals surface area contributed by atoms with Crippen LogP contribution in [0.25, 0.3) is 0 Å². The molecular weight excluding hydrogens is 290 g/mol. The molecule has 0 saturated carbocycles. The molecule has 0 fully saturated rings. The molecule has 0 bridgehead atoms. The van der Waals surface area contributed by atoms with E-state index in [1.165, 1.54) is 37.4 Å². The van der Waals surface area contributed by atoms with E-state index in [9.17, 15) is 9.18 Å². The van der Waals surface area contributed by atoms with Gasteiger partial charge in [0.05, 0.1) is 12.1 Å². The van der Waals surface area contributed by atoms with Gasteiger partial charge in [-0.05, 0) is 36.4 Å². The van der Waals surface area contributed by atoms with E-state index in [2.05, 4.69) is 0 Å². The fourth-order valence-electron chi connectivity index (χ4n) is 1.63. The average Bonchev–Trinajstić information content (AvgIpc) is 2.41. The maximum Gasteiger partial charge on any atom is 0.194 e. The molecule has 0 aliphatic heterocycles. The highest BCUT2D eigenvalue weighted by Crippen LogP contribution is 2.25. The fraction of sp³-hybridized carbons (Fsp3) is 0.0714. The molecule has 2 aromatic rings. The summed E-state index contributed by atoms with van der Waals surface area (Å²) in [6.45, 7) is 0. The van der Waals surface area contributed by atoms with Crippen molar-refractivity contribution in [3.8, 4) is 5.75 Å². The Balaban J connectivity index is 2.47. The second-order valence-electron chi connectivity index (χ2n) is 3.80. The van der Waals surface area contributed by atoms with Gasteiger partial charge in [0.2, 0.25) is 0 Å². The van der Waals surface area contributed by atoms with Crippen molar-refractivity contribution in [1.29, 1.82) is 0 Å². The molecule has 0 amide bonds. The standard InChI is InChI=1S/C14H9Cl2FO2/c1-19-13-6-8(2-5-12(13)17)14(18)10-7-9(15)3-4-11(10)16/h2-7H,1H3. The Morgan fingerprint density at radius 2 is 1.89 bits per heavy atom. The maximum atomic E-state index is 13.3. The number of methoxy groups -OCH3 is 1. The maximum absolute atomic E-state index is 13.3. The van der Waals surface area contributed by atoms with E-state index >= 15 is 0 Å². The molecule has 0 spiro atoms. The number of ether oxygens (including phenoxy) is 1. The summed E-state index contributed by atoms with van der Waals surface area (Å²) in [5.41, 5.74) is 0.547. The van der Waals surface area contributed by atoms with Crippen molar-refractivity contribution in [3.05, 3.63) is 63.4 Å². The predicted molar refractivity (Wildman–Crippen MR) is 72.8 cm³/mol. The van der Waals surface area contributed by atoms with Crippen molar-refractivity contribution in [2.75, 3.05) is 7.11 Å². The predicted octanol–water partition coefficient (Wildman–Crippen LogP) is 4.37. The van der Waals surface area contributed by atoms with Crippen LogP contribution < -0.4 is 4.74 Å². The van der Waals surface area contributed by atoms with Gasteiger partial charge in [-0.1, -0.05) is 23.2 Å². The molecule has 0 heterocycles. The highest BCUT2D eigenvalue weighted by atomic mass is 35.5. The second kappa shape index (κ2) is 5.59. The first-order valence-electron chi connectivity index (χ1n) is 5.36. The summed E-state index contributed by atoms with van der Waals surface area (Å²) in [4.78, 5) is 12.3. The first kappa shape index (κ1) is 13.8. The number of rotatable bonds is 3. The van der Waals surface area contributed by atoms with Gasteiger partial charge >= 0.3 is 0 Å². The van der Waals surface area contributed by atoms with Crippen molar-refractivity contribution in [1.82, 2.24) is 0 Å². The summed E-state index contributed by atoms with van der Waals surface area (Å²) < 4.78 is 18.1. The number of hydrogen-bond donors (Lipinski definition) is 0. The molecule has 0 N–H and O–H groups in total. The summed E-state index contributed by atoms with van der Waals surface area (Å²) in [7, 11) is 1.33. The molecule has 0 aliphatic rings. The highest BCUT2D eigenvalue weighted by molar-refractivity contribution is 6.36. The number of benzene rings is 2. The van der Waals surface area contributed by atoms with Crippen molar-refractivity contribution in [2.24, 2.45) is 0 Å². The van der Waals surface area contributed by atoms with Gasteiger partial charge in [0.1, 0.15) is 0 Å². The Bertz CT molecular complexity index is 641. The monoisotopic (exact) mass is 298 g/mol. The number of hydrogen-bond acceptors (Lipinski definition) is 2. The normalized spacial score (nSPS) is 10.3. The van der Waals surface area contributed by atoms with Crippen LogP contribution in [0.1, 0.15) is 15.9 Å².